The van der Waals surface area contributed by atoms with Gasteiger partial charge in [-0.15, -0.1) is 0 Å². The van der Waals surface area contributed by atoms with Crippen LogP contribution in [0.4, 0.5) is 0 Å². The molecule has 1 aliphatic rings. The summed E-state index contributed by atoms with van der Waals surface area (Å²) in [5, 5.41) is 54.3. The van der Waals surface area contributed by atoms with Crippen LogP contribution in [0.5, 0.6) is 0 Å². The number of carbonyl (C=O) groups is 1. The van der Waals surface area contributed by atoms with Gasteiger partial charge in [-0.3, -0.25) is 4.79 Å². The third-order valence-corrected chi connectivity index (χ3v) is 12.4. The molecule has 0 aliphatic carbocycles. The molecule has 0 saturated carbocycles. The van der Waals surface area contributed by atoms with Gasteiger partial charge in [0.05, 0.1) is 25.4 Å². The fourth-order valence-electron chi connectivity index (χ4n) is 8.28. The minimum atomic E-state index is -1.56. The first-order valence-electron chi connectivity index (χ1n) is 25.4. The minimum absolute atomic E-state index is 0.172. The van der Waals surface area contributed by atoms with Crippen LogP contribution in [-0.4, -0.2) is 87.5 Å². The Morgan fingerprint density at radius 3 is 1.32 bits per heavy atom. The molecule has 9 heteroatoms. The molecule has 0 radical (unpaired) electrons. The molecule has 0 bridgehead atoms. The first kappa shape index (κ1) is 55.9. The van der Waals surface area contributed by atoms with E-state index in [1.807, 2.05) is 6.08 Å². The molecule has 1 aliphatic heterocycles. The molecule has 6 N–H and O–H groups in total. The Bertz CT molecular complexity index is 935. The molecule has 7 atom stereocenters. The van der Waals surface area contributed by atoms with Crippen molar-refractivity contribution >= 4 is 5.91 Å². The summed E-state index contributed by atoms with van der Waals surface area (Å²) in [7, 11) is 0. The molecule has 1 amide bonds. The number of unbranched alkanes of at least 4 members (excludes halogenated alkanes) is 33. The molecular formula is C50H97NO8. The summed E-state index contributed by atoms with van der Waals surface area (Å²) in [6.45, 7) is 3.80. The van der Waals surface area contributed by atoms with Crippen molar-refractivity contribution in [1.82, 2.24) is 5.32 Å². The van der Waals surface area contributed by atoms with Gasteiger partial charge in [-0.25, -0.2) is 0 Å². The van der Waals surface area contributed by atoms with E-state index in [1.54, 1.807) is 6.08 Å². The predicted octanol–water partition coefficient (Wildman–Crippen LogP) is 11.3. The molecule has 0 aromatic heterocycles. The summed E-state index contributed by atoms with van der Waals surface area (Å²) in [6, 6.07) is -0.798. The van der Waals surface area contributed by atoms with Gasteiger partial charge in [0.15, 0.2) is 6.29 Å². The number of hydrogen-bond donors (Lipinski definition) is 6. The van der Waals surface area contributed by atoms with Crippen molar-refractivity contribution < 1.29 is 39.8 Å². The zero-order valence-electron chi connectivity index (χ0n) is 38.5. The van der Waals surface area contributed by atoms with Crippen LogP contribution in [0.25, 0.3) is 0 Å². The van der Waals surface area contributed by atoms with Crippen molar-refractivity contribution in [2.45, 2.75) is 288 Å². The van der Waals surface area contributed by atoms with E-state index in [2.05, 4.69) is 19.2 Å². The van der Waals surface area contributed by atoms with Crippen LogP contribution in [0.15, 0.2) is 12.2 Å². The summed E-state index contributed by atoms with van der Waals surface area (Å²) in [5.41, 5.74) is 0. The van der Waals surface area contributed by atoms with Crippen molar-refractivity contribution in [3.8, 4) is 0 Å². The van der Waals surface area contributed by atoms with Gasteiger partial charge in [0, 0.05) is 6.42 Å². The van der Waals surface area contributed by atoms with Crippen molar-refractivity contribution in [3.63, 3.8) is 0 Å². The number of carbonyl (C=O) groups excluding carboxylic acids is 1. The minimum Gasteiger partial charge on any atom is -0.394 e. The predicted molar refractivity (Wildman–Crippen MR) is 244 cm³/mol. The topological polar surface area (TPSA) is 149 Å². The smallest absolute Gasteiger partial charge is 0.220 e. The first-order valence-corrected chi connectivity index (χ1v) is 25.4. The molecule has 0 spiro atoms. The van der Waals surface area contributed by atoms with Gasteiger partial charge in [0.1, 0.15) is 24.4 Å². The Kier molecular flexibility index (Phi) is 38.9. The van der Waals surface area contributed by atoms with Crippen molar-refractivity contribution in [1.29, 1.82) is 0 Å². The molecule has 0 aromatic rings. The molecule has 350 valence electrons. The summed E-state index contributed by atoms with van der Waals surface area (Å²) >= 11 is 0. The summed E-state index contributed by atoms with van der Waals surface area (Å²) in [4.78, 5) is 13.0. The second-order valence-electron chi connectivity index (χ2n) is 18.0. The van der Waals surface area contributed by atoms with Crippen LogP contribution in [0.1, 0.15) is 245 Å². The van der Waals surface area contributed by atoms with Crippen molar-refractivity contribution in [3.05, 3.63) is 12.2 Å². The molecule has 1 heterocycles. The Labute approximate surface area is 363 Å². The number of aliphatic hydroxyl groups excluding tert-OH is 5. The summed E-state index contributed by atoms with van der Waals surface area (Å²) in [5.74, 6) is -0.172. The number of allylic oxidation sites excluding steroid dienone is 1. The van der Waals surface area contributed by atoms with E-state index in [1.165, 1.54) is 186 Å². The van der Waals surface area contributed by atoms with Crippen molar-refractivity contribution in [2.75, 3.05) is 13.2 Å². The quantitative estimate of drug-likeness (QED) is 0.0263. The number of amides is 1. The molecular weight excluding hydrogens is 743 g/mol. The fourth-order valence-corrected chi connectivity index (χ4v) is 8.28. The van der Waals surface area contributed by atoms with E-state index in [4.69, 9.17) is 9.47 Å². The average Bonchev–Trinajstić information content (AvgIpc) is 3.23. The highest BCUT2D eigenvalue weighted by Crippen LogP contribution is 2.23. The Hall–Kier alpha value is -1.07. The normalized spacial score (nSPS) is 20.7. The molecule has 9 nitrogen and oxygen atoms in total. The Balaban J connectivity index is 2.27. The van der Waals surface area contributed by atoms with Gasteiger partial charge in [-0.1, -0.05) is 231 Å². The average molecular weight is 840 g/mol. The molecule has 1 fully saturated rings. The van der Waals surface area contributed by atoms with Gasteiger partial charge in [-0.2, -0.15) is 0 Å². The van der Waals surface area contributed by atoms with Crippen LogP contribution >= 0.6 is 0 Å². The van der Waals surface area contributed by atoms with Crippen LogP contribution in [-0.2, 0) is 14.3 Å². The largest absolute Gasteiger partial charge is 0.394 e. The van der Waals surface area contributed by atoms with Gasteiger partial charge >= 0.3 is 0 Å². The Morgan fingerprint density at radius 1 is 0.559 bits per heavy atom. The maximum atomic E-state index is 13.0. The molecule has 59 heavy (non-hydrogen) atoms. The number of nitrogens with one attached hydrogen (secondary N) is 1. The molecule has 0 aromatic carbocycles. The van der Waals surface area contributed by atoms with Crippen molar-refractivity contribution in [2.24, 2.45) is 0 Å². The fraction of sp³-hybridized carbons (Fsp3) is 0.940. The third-order valence-electron chi connectivity index (χ3n) is 12.4. The lowest BCUT2D eigenvalue weighted by molar-refractivity contribution is -0.302. The number of hydrogen-bond acceptors (Lipinski definition) is 8. The highest BCUT2D eigenvalue weighted by molar-refractivity contribution is 5.76. The maximum Gasteiger partial charge on any atom is 0.220 e. The van der Waals surface area contributed by atoms with Crippen LogP contribution in [0, 0.1) is 0 Å². The highest BCUT2D eigenvalue weighted by atomic mass is 16.7. The maximum absolute atomic E-state index is 13.0. The van der Waals surface area contributed by atoms with Gasteiger partial charge in [0.25, 0.3) is 0 Å². The SMILES string of the molecule is CCCCCCCCCCCCCCC/C=C/[C@@H](O)[C@H](CO[C@@H]1O[C@H](CO)[C@H](O)C(O)C1O)NC(=O)CCCCCCCCCCCCCCCCCCCCCCC. The third kappa shape index (κ3) is 31.4. The molecule has 1 rings (SSSR count). The van der Waals surface area contributed by atoms with Crippen LogP contribution in [0.2, 0.25) is 0 Å². The van der Waals surface area contributed by atoms with E-state index in [-0.39, 0.29) is 12.5 Å². The number of aliphatic hydroxyl groups is 5. The lowest BCUT2D eigenvalue weighted by Gasteiger charge is -2.40. The number of ether oxygens (including phenoxy) is 2. The second-order valence-corrected chi connectivity index (χ2v) is 18.0. The van der Waals surface area contributed by atoms with E-state index in [9.17, 15) is 30.3 Å². The zero-order valence-corrected chi connectivity index (χ0v) is 38.5. The van der Waals surface area contributed by atoms with Gasteiger partial charge in [0.2, 0.25) is 5.91 Å². The lowest BCUT2D eigenvalue weighted by atomic mass is 9.99. The molecule has 1 saturated heterocycles. The van der Waals surface area contributed by atoms with E-state index >= 15 is 0 Å². The number of rotatable bonds is 43. The van der Waals surface area contributed by atoms with E-state index < -0.39 is 49.5 Å². The van der Waals surface area contributed by atoms with Gasteiger partial charge in [-0.05, 0) is 19.3 Å². The first-order chi connectivity index (χ1) is 28.8. The van der Waals surface area contributed by atoms with E-state index in [0.29, 0.717) is 6.42 Å². The summed E-state index contributed by atoms with van der Waals surface area (Å²) < 4.78 is 11.2. The van der Waals surface area contributed by atoms with Crippen LogP contribution < -0.4 is 5.32 Å². The second kappa shape index (κ2) is 41.0. The molecule has 2 unspecified atom stereocenters. The Morgan fingerprint density at radius 2 is 0.932 bits per heavy atom. The van der Waals surface area contributed by atoms with Crippen LogP contribution in [0.3, 0.4) is 0 Å². The standard InChI is InChI=1S/C50H97NO8/c1-3-5-7-9-11-13-15-17-19-20-21-22-23-24-26-28-30-32-34-36-38-40-46(54)51-43(42-58-50-49(57)48(56)47(55)45(41-52)59-50)44(53)39-37-35-33-31-29-27-25-18-16-14-12-10-8-6-4-2/h37,39,43-45,47-50,52-53,55-57H,3-36,38,40-42H2,1-2H3,(H,51,54)/b39-37+/t43-,44+,45+,47-,48?,49?,50+/m0/s1. The lowest BCUT2D eigenvalue weighted by Crippen LogP contribution is -2.60. The summed E-state index contributed by atoms with van der Waals surface area (Å²) in [6.07, 6.45) is 41.1. The van der Waals surface area contributed by atoms with E-state index in [0.717, 1.165) is 38.5 Å². The monoisotopic (exact) mass is 840 g/mol. The highest BCUT2D eigenvalue weighted by Gasteiger charge is 2.44. The van der Waals surface area contributed by atoms with Gasteiger partial charge < -0.3 is 40.3 Å². The zero-order chi connectivity index (χ0) is 43.0.